The number of aromatic nitrogens is 5. The molecule has 0 spiro atoms. The van der Waals surface area contributed by atoms with Crippen LogP contribution >= 0.6 is 0 Å². The number of rotatable bonds is 2. The van der Waals surface area contributed by atoms with Crippen LogP contribution in [0.4, 0.5) is 0 Å². The van der Waals surface area contributed by atoms with Crippen molar-refractivity contribution in [2.24, 2.45) is 0 Å². The van der Waals surface area contributed by atoms with E-state index in [-0.39, 0.29) is 0 Å². The molecule has 2 heterocycles. The van der Waals surface area contributed by atoms with Gasteiger partial charge in [-0.3, -0.25) is 0 Å². The SMILES string of the molecule is CCc1ccc(-n2cnnn2)nc1. The molecule has 5 heteroatoms. The highest BCUT2D eigenvalue weighted by molar-refractivity contribution is 5.23. The Balaban J connectivity index is 2.33. The van der Waals surface area contributed by atoms with Gasteiger partial charge in [0.15, 0.2) is 5.82 Å². The van der Waals surface area contributed by atoms with Crippen molar-refractivity contribution in [1.82, 2.24) is 25.2 Å². The second-order valence-corrected chi connectivity index (χ2v) is 2.63. The average molecular weight is 175 g/mol. The second kappa shape index (κ2) is 3.30. The van der Waals surface area contributed by atoms with E-state index in [0.717, 1.165) is 12.2 Å². The number of pyridine rings is 1. The fraction of sp³-hybridized carbons (Fsp3) is 0.250. The summed E-state index contributed by atoms with van der Waals surface area (Å²) in [4.78, 5) is 4.21. The third kappa shape index (κ3) is 1.53. The van der Waals surface area contributed by atoms with Gasteiger partial charge in [0.1, 0.15) is 6.33 Å². The molecule has 66 valence electrons. The van der Waals surface area contributed by atoms with Crippen LogP contribution in [0.2, 0.25) is 0 Å². The molecule has 0 atom stereocenters. The maximum Gasteiger partial charge on any atom is 0.156 e. The van der Waals surface area contributed by atoms with Crippen molar-refractivity contribution >= 4 is 0 Å². The Bertz CT molecular complexity index is 364. The van der Waals surface area contributed by atoms with Crippen LogP contribution in [0.25, 0.3) is 5.82 Å². The Morgan fingerprint density at radius 3 is 2.85 bits per heavy atom. The molecule has 0 radical (unpaired) electrons. The molecule has 0 aliphatic heterocycles. The Kier molecular flexibility index (Phi) is 1.99. The lowest BCUT2D eigenvalue weighted by Crippen LogP contribution is -1.98. The lowest BCUT2D eigenvalue weighted by Gasteiger charge is -1.98. The molecule has 0 bridgehead atoms. The Morgan fingerprint density at radius 2 is 2.31 bits per heavy atom. The summed E-state index contributed by atoms with van der Waals surface area (Å²) < 4.78 is 1.53. The standard InChI is InChI=1S/C8H9N5/c1-2-7-3-4-8(9-5-7)13-6-10-11-12-13/h3-6H,2H2,1H3. The topological polar surface area (TPSA) is 56.5 Å². The van der Waals surface area contributed by atoms with Gasteiger partial charge < -0.3 is 0 Å². The van der Waals surface area contributed by atoms with Crippen molar-refractivity contribution < 1.29 is 0 Å². The number of nitrogens with zero attached hydrogens (tertiary/aromatic N) is 5. The summed E-state index contributed by atoms with van der Waals surface area (Å²) in [5.74, 6) is 0.738. The van der Waals surface area contributed by atoms with Crippen LogP contribution in [0, 0.1) is 0 Å². The highest BCUT2D eigenvalue weighted by Gasteiger charge is 1.97. The van der Waals surface area contributed by atoms with Crippen molar-refractivity contribution in [3.63, 3.8) is 0 Å². The third-order valence-electron chi connectivity index (χ3n) is 1.80. The number of aryl methyl sites for hydroxylation is 1. The number of tetrazole rings is 1. The van der Waals surface area contributed by atoms with E-state index in [0.29, 0.717) is 0 Å². The first-order chi connectivity index (χ1) is 6.40. The second-order valence-electron chi connectivity index (χ2n) is 2.63. The first kappa shape index (κ1) is 7.85. The number of hydrogen-bond donors (Lipinski definition) is 0. The fourth-order valence-corrected chi connectivity index (χ4v) is 1.03. The minimum Gasteiger partial charge on any atom is -0.237 e. The summed E-state index contributed by atoms with van der Waals surface area (Å²) in [6, 6.07) is 3.92. The molecule has 0 aliphatic rings. The number of hydrogen-bond acceptors (Lipinski definition) is 4. The zero-order valence-corrected chi connectivity index (χ0v) is 7.25. The molecular weight excluding hydrogens is 166 g/mol. The lowest BCUT2D eigenvalue weighted by molar-refractivity contribution is 0.769. The molecular formula is C8H9N5. The molecule has 2 rings (SSSR count). The summed E-state index contributed by atoms with van der Waals surface area (Å²) in [5, 5.41) is 10.8. The van der Waals surface area contributed by atoms with E-state index in [4.69, 9.17) is 0 Å². The smallest absolute Gasteiger partial charge is 0.156 e. The first-order valence-corrected chi connectivity index (χ1v) is 4.08. The van der Waals surface area contributed by atoms with Crippen LogP contribution in [-0.2, 0) is 6.42 Å². The molecule has 2 aromatic rings. The van der Waals surface area contributed by atoms with Crippen molar-refractivity contribution in [3.05, 3.63) is 30.2 Å². The van der Waals surface area contributed by atoms with Gasteiger partial charge in [0, 0.05) is 6.20 Å². The summed E-state index contributed by atoms with van der Waals surface area (Å²) in [6.07, 6.45) is 4.34. The maximum absolute atomic E-state index is 4.21. The van der Waals surface area contributed by atoms with Crippen LogP contribution < -0.4 is 0 Å². The molecule has 0 fully saturated rings. The van der Waals surface area contributed by atoms with Gasteiger partial charge in [-0.1, -0.05) is 13.0 Å². The largest absolute Gasteiger partial charge is 0.237 e. The van der Waals surface area contributed by atoms with Gasteiger partial charge in [0.05, 0.1) is 0 Å². The Morgan fingerprint density at radius 1 is 1.38 bits per heavy atom. The van der Waals surface area contributed by atoms with Gasteiger partial charge in [0.2, 0.25) is 0 Å². The van der Waals surface area contributed by atoms with E-state index in [1.807, 2.05) is 18.3 Å². The van der Waals surface area contributed by atoms with E-state index < -0.39 is 0 Å². The summed E-state index contributed by atoms with van der Waals surface area (Å²) in [6.45, 7) is 2.09. The molecule has 13 heavy (non-hydrogen) atoms. The van der Waals surface area contributed by atoms with Crippen LogP contribution in [0.5, 0.6) is 0 Å². The quantitative estimate of drug-likeness (QED) is 0.671. The Labute approximate surface area is 75.4 Å². The predicted molar refractivity (Wildman–Crippen MR) is 46.3 cm³/mol. The van der Waals surface area contributed by atoms with E-state index in [2.05, 4.69) is 27.4 Å². The zero-order chi connectivity index (χ0) is 9.10. The molecule has 0 aliphatic carbocycles. The molecule has 0 unspecified atom stereocenters. The Hall–Kier alpha value is -1.78. The van der Waals surface area contributed by atoms with E-state index >= 15 is 0 Å². The van der Waals surface area contributed by atoms with Crippen molar-refractivity contribution in [1.29, 1.82) is 0 Å². The van der Waals surface area contributed by atoms with Gasteiger partial charge >= 0.3 is 0 Å². The monoisotopic (exact) mass is 175 g/mol. The summed E-state index contributed by atoms with van der Waals surface area (Å²) in [7, 11) is 0. The van der Waals surface area contributed by atoms with Crippen LogP contribution in [-0.4, -0.2) is 25.2 Å². The fourth-order valence-electron chi connectivity index (χ4n) is 1.03. The van der Waals surface area contributed by atoms with Gasteiger partial charge in [0.25, 0.3) is 0 Å². The molecule has 0 N–H and O–H groups in total. The molecule has 0 aromatic carbocycles. The molecule has 0 amide bonds. The van der Waals surface area contributed by atoms with E-state index in [1.165, 1.54) is 16.6 Å². The summed E-state index contributed by atoms with van der Waals surface area (Å²) in [5.41, 5.74) is 1.21. The normalized spacial score (nSPS) is 10.2. The minimum atomic E-state index is 0.738. The summed E-state index contributed by atoms with van der Waals surface area (Å²) >= 11 is 0. The van der Waals surface area contributed by atoms with Crippen molar-refractivity contribution in [2.45, 2.75) is 13.3 Å². The van der Waals surface area contributed by atoms with Gasteiger partial charge in [-0.15, -0.1) is 5.10 Å². The maximum atomic E-state index is 4.21. The lowest BCUT2D eigenvalue weighted by atomic mass is 10.2. The van der Waals surface area contributed by atoms with Crippen LogP contribution in [0.1, 0.15) is 12.5 Å². The highest BCUT2D eigenvalue weighted by atomic mass is 15.5. The average Bonchev–Trinajstić information content (AvgIpc) is 2.71. The van der Waals surface area contributed by atoms with Gasteiger partial charge in [-0.05, 0) is 28.5 Å². The highest BCUT2D eigenvalue weighted by Crippen LogP contribution is 2.03. The molecule has 2 aromatic heterocycles. The molecule has 0 saturated carbocycles. The van der Waals surface area contributed by atoms with E-state index in [9.17, 15) is 0 Å². The predicted octanol–water partition coefficient (Wildman–Crippen LogP) is 0.620. The molecule has 5 nitrogen and oxygen atoms in total. The first-order valence-electron chi connectivity index (χ1n) is 4.08. The van der Waals surface area contributed by atoms with Crippen LogP contribution in [0.15, 0.2) is 24.7 Å². The molecule has 0 saturated heterocycles. The van der Waals surface area contributed by atoms with Crippen LogP contribution in [0.3, 0.4) is 0 Å². The van der Waals surface area contributed by atoms with Gasteiger partial charge in [-0.2, -0.15) is 4.68 Å². The third-order valence-corrected chi connectivity index (χ3v) is 1.80. The van der Waals surface area contributed by atoms with Crippen molar-refractivity contribution in [2.75, 3.05) is 0 Å². The van der Waals surface area contributed by atoms with E-state index in [1.54, 1.807) is 0 Å². The minimum absolute atomic E-state index is 0.738. The van der Waals surface area contributed by atoms with Gasteiger partial charge in [-0.25, -0.2) is 4.98 Å². The zero-order valence-electron chi connectivity index (χ0n) is 7.25. The van der Waals surface area contributed by atoms with Crippen molar-refractivity contribution in [3.8, 4) is 5.82 Å².